The van der Waals surface area contributed by atoms with E-state index < -0.39 is 0 Å². The molecule has 1 heteroatoms. The van der Waals surface area contributed by atoms with Crippen LogP contribution in [0.2, 0.25) is 0 Å². The molecule has 8 heavy (non-hydrogen) atoms. The third-order valence-electron chi connectivity index (χ3n) is 2.58. The van der Waals surface area contributed by atoms with Crippen molar-refractivity contribution in [1.82, 2.24) is 0 Å². The Morgan fingerprint density at radius 2 is 2.12 bits per heavy atom. The van der Waals surface area contributed by atoms with E-state index >= 15 is 0 Å². The van der Waals surface area contributed by atoms with E-state index in [0.29, 0.717) is 5.41 Å². The Morgan fingerprint density at radius 3 is 2.25 bits per heavy atom. The average molecular weight is 113 g/mol. The third-order valence-corrected chi connectivity index (χ3v) is 2.58. The van der Waals surface area contributed by atoms with Crippen molar-refractivity contribution in [3.8, 4) is 0 Å². The highest BCUT2D eigenvalue weighted by molar-refractivity contribution is 4.92. The van der Waals surface area contributed by atoms with Gasteiger partial charge in [0.15, 0.2) is 0 Å². The van der Waals surface area contributed by atoms with Crippen molar-refractivity contribution in [3.63, 3.8) is 0 Å². The van der Waals surface area contributed by atoms with Crippen LogP contribution in [-0.2, 0) is 0 Å². The second-order valence-electron chi connectivity index (χ2n) is 3.29. The fraction of sp³-hybridized carbons (Fsp3) is 1.00. The van der Waals surface area contributed by atoms with Gasteiger partial charge < -0.3 is 5.73 Å². The van der Waals surface area contributed by atoms with Crippen molar-refractivity contribution in [2.75, 3.05) is 6.54 Å². The fourth-order valence-corrected chi connectivity index (χ4v) is 0.974. The SMILES string of the molecule is C[C@H](CN)C1(C)CC1. The van der Waals surface area contributed by atoms with Crippen LogP contribution in [0.4, 0.5) is 0 Å². The second-order valence-corrected chi connectivity index (χ2v) is 3.29. The minimum Gasteiger partial charge on any atom is -0.330 e. The maximum absolute atomic E-state index is 5.50. The Labute approximate surface area is 51.3 Å². The smallest absolute Gasteiger partial charge is 0.00463 e. The quantitative estimate of drug-likeness (QED) is 0.575. The largest absolute Gasteiger partial charge is 0.330 e. The number of rotatable bonds is 2. The van der Waals surface area contributed by atoms with Crippen molar-refractivity contribution in [2.24, 2.45) is 17.1 Å². The first-order chi connectivity index (χ1) is 3.69. The van der Waals surface area contributed by atoms with Crippen LogP contribution in [0.1, 0.15) is 26.7 Å². The predicted octanol–water partition coefficient (Wildman–Crippen LogP) is 1.38. The average Bonchev–Trinajstić information content (AvgIpc) is 2.47. The molecule has 1 aliphatic carbocycles. The Bertz CT molecular complexity index is 84.4. The van der Waals surface area contributed by atoms with E-state index in [1.165, 1.54) is 12.8 Å². The van der Waals surface area contributed by atoms with Gasteiger partial charge in [-0.05, 0) is 30.7 Å². The number of hydrogen-bond donors (Lipinski definition) is 1. The van der Waals surface area contributed by atoms with E-state index in [1.54, 1.807) is 0 Å². The van der Waals surface area contributed by atoms with E-state index in [-0.39, 0.29) is 0 Å². The normalized spacial score (nSPS) is 27.4. The van der Waals surface area contributed by atoms with Gasteiger partial charge in [-0.2, -0.15) is 0 Å². The lowest BCUT2D eigenvalue weighted by Crippen LogP contribution is -2.18. The lowest BCUT2D eigenvalue weighted by atomic mass is 9.93. The summed E-state index contributed by atoms with van der Waals surface area (Å²) in [4.78, 5) is 0. The molecule has 2 N–H and O–H groups in total. The van der Waals surface area contributed by atoms with E-state index in [2.05, 4.69) is 13.8 Å². The fourth-order valence-electron chi connectivity index (χ4n) is 0.974. The summed E-state index contributed by atoms with van der Waals surface area (Å²) >= 11 is 0. The summed E-state index contributed by atoms with van der Waals surface area (Å²) in [6.07, 6.45) is 2.79. The van der Waals surface area contributed by atoms with E-state index in [1.807, 2.05) is 0 Å². The third kappa shape index (κ3) is 0.873. The van der Waals surface area contributed by atoms with Crippen LogP contribution in [0.3, 0.4) is 0 Å². The first kappa shape index (κ1) is 6.09. The molecule has 0 radical (unpaired) electrons. The van der Waals surface area contributed by atoms with Crippen LogP contribution in [0.15, 0.2) is 0 Å². The van der Waals surface area contributed by atoms with Gasteiger partial charge in [-0.3, -0.25) is 0 Å². The van der Waals surface area contributed by atoms with Gasteiger partial charge in [0.25, 0.3) is 0 Å². The minimum absolute atomic E-state index is 0.634. The first-order valence-electron chi connectivity index (χ1n) is 3.39. The molecule has 1 saturated carbocycles. The topological polar surface area (TPSA) is 26.0 Å². The van der Waals surface area contributed by atoms with Gasteiger partial charge in [0.05, 0.1) is 0 Å². The van der Waals surface area contributed by atoms with Gasteiger partial charge in [0.2, 0.25) is 0 Å². The lowest BCUT2D eigenvalue weighted by molar-refractivity contribution is 0.374. The van der Waals surface area contributed by atoms with E-state index in [0.717, 1.165) is 12.5 Å². The molecular formula is C7H15N. The van der Waals surface area contributed by atoms with Gasteiger partial charge in [0.1, 0.15) is 0 Å². The summed E-state index contributed by atoms with van der Waals surface area (Å²) in [6.45, 7) is 5.42. The molecular weight excluding hydrogens is 98.1 g/mol. The summed E-state index contributed by atoms with van der Waals surface area (Å²) in [6, 6.07) is 0. The van der Waals surface area contributed by atoms with Crippen LogP contribution in [0.25, 0.3) is 0 Å². The summed E-state index contributed by atoms with van der Waals surface area (Å²) in [7, 11) is 0. The zero-order valence-corrected chi connectivity index (χ0v) is 5.78. The molecule has 0 aromatic rings. The molecule has 1 fully saturated rings. The van der Waals surface area contributed by atoms with E-state index in [4.69, 9.17) is 5.73 Å². The molecule has 1 aliphatic rings. The van der Waals surface area contributed by atoms with Crippen molar-refractivity contribution in [1.29, 1.82) is 0 Å². The van der Waals surface area contributed by atoms with Crippen LogP contribution in [-0.4, -0.2) is 6.54 Å². The molecule has 0 aromatic carbocycles. The Morgan fingerprint density at radius 1 is 1.62 bits per heavy atom. The summed E-state index contributed by atoms with van der Waals surface area (Å²) in [5, 5.41) is 0. The molecule has 0 unspecified atom stereocenters. The minimum atomic E-state index is 0.634. The van der Waals surface area contributed by atoms with E-state index in [9.17, 15) is 0 Å². The molecule has 1 rings (SSSR count). The Kier molecular flexibility index (Phi) is 1.31. The lowest BCUT2D eigenvalue weighted by Gasteiger charge is -2.14. The van der Waals surface area contributed by atoms with Crippen LogP contribution < -0.4 is 5.73 Å². The van der Waals surface area contributed by atoms with Crippen molar-refractivity contribution >= 4 is 0 Å². The molecule has 1 atom stereocenters. The summed E-state index contributed by atoms with van der Waals surface area (Å²) in [5.74, 6) is 0.738. The van der Waals surface area contributed by atoms with Gasteiger partial charge in [-0.1, -0.05) is 13.8 Å². The Hall–Kier alpha value is -0.0400. The summed E-state index contributed by atoms with van der Waals surface area (Å²) in [5.41, 5.74) is 6.13. The molecule has 0 aromatic heterocycles. The molecule has 0 saturated heterocycles. The number of nitrogens with two attached hydrogens (primary N) is 1. The maximum atomic E-state index is 5.50. The summed E-state index contributed by atoms with van der Waals surface area (Å²) < 4.78 is 0. The molecule has 0 heterocycles. The maximum Gasteiger partial charge on any atom is -0.00463 e. The Balaban J connectivity index is 2.34. The van der Waals surface area contributed by atoms with Crippen LogP contribution in [0.5, 0.6) is 0 Å². The molecule has 0 bridgehead atoms. The van der Waals surface area contributed by atoms with Gasteiger partial charge in [-0.25, -0.2) is 0 Å². The predicted molar refractivity (Wildman–Crippen MR) is 35.6 cm³/mol. The number of hydrogen-bond acceptors (Lipinski definition) is 1. The molecule has 0 spiro atoms. The van der Waals surface area contributed by atoms with Crippen molar-refractivity contribution < 1.29 is 0 Å². The molecule has 1 nitrogen and oxygen atoms in total. The molecule has 0 amide bonds. The highest BCUT2D eigenvalue weighted by atomic mass is 14.6. The van der Waals surface area contributed by atoms with Gasteiger partial charge in [-0.15, -0.1) is 0 Å². The van der Waals surface area contributed by atoms with Crippen molar-refractivity contribution in [3.05, 3.63) is 0 Å². The van der Waals surface area contributed by atoms with Gasteiger partial charge in [0, 0.05) is 0 Å². The first-order valence-corrected chi connectivity index (χ1v) is 3.39. The van der Waals surface area contributed by atoms with Crippen molar-refractivity contribution in [2.45, 2.75) is 26.7 Å². The zero-order chi connectivity index (χ0) is 6.20. The zero-order valence-electron chi connectivity index (χ0n) is 5.78. The highest BCUT2D eigenvalue weighted by Gasteiger charge is 2.41. The standard InChI is InChI=1S/C7H15N/c1-6(5-8)7(2)3-4-7/h6H,3-5,8H2,1-2H3/t6-/m1/s1. The van der Waals surface area contributed by atoms with Crippen LogP contribution >= 0.6 is 0 Å². The molecule has 48 valence electrons. The van der Waals surface area contributed by atoms with Gasteiger partial charge >= 0.3 is 0 Å². The second kappa shape index (κ2) is 1.73. The molecule has 0 aliphatic heterocycles. The highest BCUT2D eigenvalue weighted by Crippen LogP contribution is 2.50. The van der Waals surface area contributed by atoms with Crippen LogP contribution in [0, 0.1) is 11.3 Å². The monoisotopic (exact) mass is 113 g/mol.